The minimum Gasteiger partial charge on any atom is -0.368 e. The van der Waals surface area contributed by atoms with E-state index in [4.69, 9.17) is 4.74 Å². The van der Waals surface area contributed by atoms with Crippen molar-refractivity contribution in [1.29, 1.82) is 0 Å². The molecule has 1 aliphatic rings. The highest BCUT2D eigenvalue weighted by atomic mass is 16.5. The van der Waals surface area contributed by atoms with Crippen LogP contribution < -0.4 is 15.5 Å². The molecule has 3 N–H and O–H groups in total. The number of methoxy groups -OCH3 is 1. The molecule has 0 bridgehead atoms. The smallest absolute Gasteiger partial charge is 0.252 e. The number of H-pyrrole nitrogens is 1. The van der Waals surface area contributed by atoms with Crippen molar-refractivity contribution in [2.24, 2.45) is 0 Å². The fourth-order valence-corrected chi connectivity index (χ4v) is 3.90. The zero-order valence-corrected chi connectivity index (χ0v) is 18.7. The van der Waals surface area contributed by atoms with Gasteiger partial charge in [0.2, 0.25) is 5.95 Å². The van der Waals surface area contributed by atoms with Crippen molar-refractivity contribution < 1.29 is 9.53 Å². The molecule has 0 spiro atoms. The van der Waals surface area contributed by atoms with Crippen LogP contribution in [-0.2, 0) is 16.1 Å². The first-order valence-electron chi connectivity index (χ1n) is 10.7. The molecule has 9 heteroatoms. The molecule has 168 valence electrons. The molecular formula is C23H29N7O2. The lowest BCUT2D eigenvalue weighted by atomic mass is 9.90. The molecule has 3 aromatic rings. The van der Waals surface area contributed by atoms with Crippen molar-refractivity contribution in [3.8, 4) is 0 Å². The molecule has 3 heterocycles. The van der Waals surface area contributed by atoms with Gasteiger partial charge in [-0.1, -0.05) is 30.3 Å². The van der Waals surface area contributed by atoms with Crippen LogP contribution in [0.25, 0.3) is 0 Å². The van der Waals surface area contributed by atoms with Crippen LogP contribution in [0.2, 0.25) is 0 Å². The third-order valence-electron chi connectivity index (χ3n) is 5.76. The summed E-state index contributed by atoms with van der Waals surface area (Å²) in [5.74, 6) is 1.95. The number of amides is 1. The normalized spacial score (nSPS) is 15.4. The molecule has 1 fully saturated rings. The van der Waals surface area contributed by atoms with Gasteiger partial charge in [0.15, 0.2) is 5.82 Å². The first-order valence-corrected chi connectivity index (χ1v) is 10.7. The predicted molar refractivity (Wildman–Crippen MR) is 123 cm³/mol. The maximum Gasteiger partial charge on any atom is 0.252 e. The fraction of sp³-hybridized carbons (Fsp3) is 0.391. The van der Waals surface area contributed by atoms with Gasteiger partial charge in [-0.2, -0.15) is 10.1 Å². The SMILES string of the molecule is COC1(C(=O)NCc2ccccc2)CCN(c2nc(C)cc(Nc3cc(C)[nH]n3)n2)CC1. The van der Waals surface area contributed by atoms with Crippen LogP contribution in [0.1, 0.15) is 29.8 Å². The molecule has 0 atom stereocenters. The van der Waals surface area contributed by atoms with Crippen LogP contribution in [-0.4, -0.2) is 51.9 Å². The summed E-state index contributed by atoms with van der Waals surface area (Å²) >= 11 is 0. The minimum absolute atomic E-state index is 0.0788. The average Bonchev–Trinajstić information content (AvgIpc) is 3.22. The van der Waals surface area contributed by atoms with Gasteiger partial charge in [0.25, 0.3) is 5.91 Å². The number of anilines is 3. The number of aryl methyl sites for hydroxylation is 2. The second kappa shape index (κ2) is 9.35. The number of nitrogens with zero attached hydrogens (tertiary/aromatic N) is 4. The quantitative estimate of drug-likeness (QED) is 0.524. The lowest BCUT2D eigenvalue weighted by Crippen LogP contribution is -2.55. The number of benzene rings is 1. The summed E-state index contributed by atoms with van der Waals surface area (Å²) in [5.41, 5.74) is 2.04. The van der Waals surface area contributed by atoms with Gasteiger partial charge in [0.1, 0.15) is 11.4 Å². The Morgan fingerprint density at radius 3 is 2.53 bits per heavy atom. The van der Waals surface area contributed by atoms with E-state index >= 15 is 0 Å². The lowest BCUT2D eigenvalue weighted by molar-refractivity contribution is -0.146. The van der Waals surface area contributed by atoms with E-state index in [0.29, 0.717) is 50.1 Å². The van der Waals surface area contributed by atoms with Crippen molar-refractivity contribution in [1.82, 2.24) is 25.5 Å². The number of hydrogen-bond donors (Lipinski definition) is 3. The molecule has 0 saturated carbocycles. The predicted octanol–water partition coefficient (Wildman–Crippen LogP) is 2.86. The fourth-order valence-electron chi connectivity index (χ4n) is 3.90. The van der Waals surface area contributed by atoms with Gasteiger partial charge >= 0.3 is 0 Å². The summed E-state index contributed by atoms with van der Waals surface area (Å²) in [4.78, 5) is 24.3. The summed E-state index contributed by atoms with van der Waals surface area (Å²) in [6, 6.07) is 13.7. The zero-order chi connectivity index (χ0) is 22.6. The molecule has 1 aromatic carbocycles. The Bertz CT molecular complexity index is 1060. The molecular weight excluding hydrogens is 406 g/mol. The van der Waals surface area contributed by atoms with Crippen LogP contribution in [0, 0.1) is 13.8 Å². The number of aromatic amines is 1. The van der Waals surface area contributed by atoms with Gasteiger partial charge in [0, 0.05) is 63.1 Å². The van der Waals surface area contributed by atoms with Crippen LogP contribution in [0.5, 0.6) is 0 Å². The van der Waals surface area contributed by atoms with E-state index in [2.05, 4.69) is 35.7 Å². The highest BCUT2D eigenvalue weighted by Crippen LogP contribution is 2.29. The van der Waals surface area contributed by atoms with Gasteiger partial charge in [-0.15, -0.1) is 0 Å². The lowest BCUT2D eigenvalue weighted by Gasteiger charge is -2.39. The Hall–Kier alpha value is -3.46. The van der Waals surface area contributed by atoms with Crippen molar-refractivity contribution in [2.45, 2.75) is 38.8 Å². The van der Waals surface area contributed by atoms with Crippen molar-refractivity contribution in [3.05, 3.63) is 59.4 Å². The van der Waals surface area contributed by atoms with Crippen LogP contribution >= 0.6 is 0 Å². The summed E-state index contributed by atoms with van der Waals surface area (Å²) in [6.07, 6.45) is 1.12. The van der Waals surface area contributed by atoms with E-state index in [1.165, 1.54) is 0 Å². The standard InChI is InChI=1S/C23H29N7O2/c1-16-13-19(26-20-14-17(2)28-29-20)27-22(25-16)30-11-9-23(32-3,10-12-30)21(31)24-15-18-7-5-4-6-8-18/h4-8,13-14H,9-12,15H2,1-3H3,(H,24,31)(H2,25,26,27,28,29). The molecule has 1 aliphatic heterocycles. The molecule has 2 aromatic heterocycles. The van der Waals surface area contributed by atoms with Crippen molar-refractivity contribution in [2.75, 3.05) is 30.4 Å². The largest absolute Gasteiger partial charge is 0.368 e. The van der Waals surface area contributed by atoms with E-state index in [1.807, 2.05) is 56.3 Å². The van der Waals surface area contributed by atoms with E-state index in [0.717, 1.165) is 17.0 Å². The number of rotatable bonds is 7. The Balaban J connectivity index is 1.41. The molecule has 1 saturated heterocycles. The van der Waals surface area contributed by atoms with E-state index in [9.17, 15) is 4.79 Å². The highest BCUT2D eigenvalue weighted by Gasteiger charge is 2.42. The van der Waals surface area contributed by atoms with E-state index in [1.54, 1.807) is 7.11 Å². The maximum absolute atomic E-state index is 13.0. The Kier molecular flexibility index (Phi) is 6.36. The monoisotopic (exact) mass is 435 g/mol. The average molecular weight is 436 g/mol. The van der Waals surface area contributed by atoms with Crippen molar-refractivity contribution in [3.63, 3.8) is 0 Å². The van der Waals surface area contributed by atoms with Gasteiger partial charge in [-0.05, 0) is 19.4 Å². The Morgan fingerprint density at radius 1 is 1.12 bits per heavy atom. The van der Waals surface area contributed by atoms with Crippen LogP contribution in [0.3, 0.4) is 0 Å². The van der Waals surface area contributed by atoms with Crippen molar-refractivity contribution >= 4 is 23.5 Å². The topological polar surface area (TPSA) is 108 Å². The second-order valence-corrected chi connectivity index (χ2v) is 8.11. The summed E-state index contributed by atoms with van der Waals surface area (Å²) in [5, 5.41) is 13.4. The number of aromatic nitrogens is 4. The molecule has 0 unspecified atom stereocenters. The molecule has 1 amide bonds. The summed E-state index contributed by atoms with van der Waals surface area (Å²) in [6.45, 7) is 5.61. The third-order valence-corrected chi connectivity index (χ3v) is 5.76. The highest BCUT2D eigenvalue weighted by molar-refractivity contribution is 5.85. The first-order chi connectivity index (χ1) is 15.5. The van der Waals surface area contributed by atoms with Gasteiger partial charge < -0.3 is 20.3 Å². The van der Waals surface area contributed by atoms with Crippen LogP contribution in [0.15, 0.2) is 42.5 Å². The number of nitrogens with one attached hydrogen (secondary N) is 3. The molecule has 0 aliphatic carbocycles. The number of hydrogen-bond acceptors (Lipinski definition) is 7. The number of ether oxygens (including phenoxy) is 1. The molecule has 32 heavy (non-hydrogen) atoms. The van der Waals surface area contributed by atoms with Gasteiger partial charge in [-0.25, -0.2) is 4.98 Å². The van der Waals surface area contributed by atoms with E-state index in [-0.39, 0.29) is 5.91 Å². The van der Waals surface area contributed by atoms with Gasteiger partial charge in [-0.3, -0.25) is 9.89 Å². The molecule has 0 radical (unpaired) electrons. The summed E-state index contributed by atoms with van der Waals surface area (Å²) in [7, 11) is 1.61. The number of piperidine rings is 1. The minimum atomic E-state index is -0.844. The number of carbonyl (C=O) groups is 1. The first kappa shape index (κ1) is 21.8. The second-order valence-electron chi connectivity index (χ2n) is 8.11. The zero-order valence-electron chi connectivity index (χ0n) is 18.7. The number of carbonyl (C=O) groups excluding carboxylic acids is 1. The van der Waals surface area contributed by atoms with Crippen LogP contribution in [0.4, 0.5) is 17.6 Å². The van der Waals surface area contributed by atoms with E-state index < -0.39 is 5.60 Å². The maximum atomic E-state index is 13.0. The third kappa shape index (κ3) is 4.88. The molecule has 9 nitrogen and oxygen atoms in total. The molecule has 4 rings (SSSR count). The Labute approximate surface area is 187 Å². The summed E-state index contributed by atoms with van der Waals surface area (Å²) < 4.78 is 5.74. The van der Waals surface area contributed by atoms with Gasteiger partial charge in [0.05, 0.1) is 0 Å². The Morgan fingerprint density at radius 2 is 1.88 bits per heavy atom.